The Balaban J connectivity index is 1.83. The summed E-state index contributed by atoms with van der Waals surface area (Å²) in [5, 5.41) is 4.76. The lowest BCUT2D eigenvalue weighted by atomic mass is 10.1. The summed E-state index contributed by atoms with van der Waals surface area (Å²) in [4.78, 5) is 9.33. The maximum Gasteiger partial charge on any atom is 0.165 e. The van der Waals surface area contributed by atoms with E-state index in [1.54, 1.807) is 0 Å². The predicted octanol–water partition coefficient (Wildman–Crippen LogP) is 3.38. The molecule has 0 spiro atoms. The number of nitrogens with zero attached hydrogens (tertiary/aromatic N) is 4. The topological polar surface area (TPSA) is 62.1 Å². The lowest BCUT2D eigenvalue weighted by Crippen LogP contribution is -2.26. The first kappa shape index (κ1) is 17.9. The second kappa shape index (κ2) is 7.12. The molecule has 0 unspecified atom stereocenters. The molecule has 3 heterocycles. The van der Waals surface area contributed by atoms with E-state index in [9.17, 15) is 0 Å². The molecule has 1 fully saturated rings. The van der Waals surface area contributed by atoms with Crippen molar-refractivity contribution in [2.24, 2.45) is 0 Å². The first-order valence-electron chi connectivity index (χ1n) is 9.02. The Labute approximate surface area is 149 Å². The Morgan fingerprint density at radius 1 is 1.28 bits per heavy atom. The summed E-state index contributed by atoms with van der Waals surface area (Å²) < 4.78 is 13.5. The minimum Gasteiger partial charge on any atom is -0.484 e. The van der Waals surface area contributed by atoms with Gasteiger partial charge < -0.3 is 9.47 Å². The molecule has 6 heteroatoms. The van der Waals surface area contributed by atoms with E-state index in [1.165, 1.54) is 0 Å². The van der Waals surface area contributed by atoms with E-state index in [0.717, 1.165) is 48.2 Å². The first-order chi connectivity index (χ1) is 11.9. The van der Waals surface area contributed by atoms with Crippen LogP contribution in [0.25, 0.3) is 0 Å². The van der Waals surface area contributed by atoms with E-state index in [4.69, 9.17) is 19.6 Å². The molecule has 0 amide bonds. The number of pyridine rings is 1. The highest BCUT2D eigenvalue weighted by Gasteiger charge is 2.27. The Hall–Kier alpha value is -1.95. The Bertz CT molecular complexity index is 728. The zero-order valence-electron chi connectivity index (χ0n) is 15.9. The van der Waals surface area contributed by atoms with E-state index in [-0.39, 0.29) is 11.5 Å². The highest BCUT2D eigenvalue weighted by atomic mass is 16.5. The van der Waals surface area contributed by atoms with Crippen LogP contribution >= 0.6 is 0 Å². The van der Waals surface area contributed by atoms with E-state index >= 15 is 0 Å². The lowest BCUT2D eigenvalue weighted by molar-refractivity contribution is 0.193. The van der Waals surface area contributed by atoms with Crippen LogP contribution in [-0.4, -0.2) is 33.0 Å². The predicted molar refractivity (Wildman–Crippen MR) is 95.9 cm³/mol. The fraction of sp³-hybridized carbons (Fsp3) is 0.632. The van der Waals surface area contributed by atoms with E-state index in [2.05, 4.69) is 32.7 Å². The van der Waals surface area contributed by atoms with Gasteiger partial charge in [-0.1, -0.05) is 6.92 Å². The Kier molecular flexibility index (Phi) is 5.08. The molecule has 1 aliphatic heterocycles. The molecule has 1 aliphatic rings. The van der Waals surface area contributed by atoms with Crippen LogP contribution < -0.4 is 4.74 Å². The van der Waals surface area contributed by atoms with Crippen molar-refractivity contribution >= 4 is 0 Å². The third kappa shape index (κ3) is 4.00. The molecule has 6 nitrogen and oxygen atoms in total. The summed E-state index contributed by atoms with van der Waals surface area (Å²) in [5.74, 6) is 2.82. The molecule has 2 aromatic heterocycles. The van der Waals surface area contributed by atoms with Crippen LogP contribution in [0.15, 0.2) is 12.1 Å². The van der Waals surface area contributed by atoms with Crippen LogP contribution in [0.3, 0.4) is 0 Å². The minimum absolute atomic E-state index is 0.150. The fourth-order valence-corrected chi connectivity index (χ4v) is 3.03. The molecule has 25 heavy (non-hydrogen) atoms. The second-order valence-electron chi connectivity index (χ2n) is 7.57. The van der Waals surface area contributed by atoms with Gasteiger partial charge in [-0.2, -0.15) is 5.10 Å². The number of aromatic nitrogens is 4. The largest absolute Gasteiger partial charge is 0.484 e. The van der Waals surface area contributed by atoms with Crippen LogP contribution in [0.1, 0.15) is 63.1 Å². The van der Waals surface area contributed by atoms with Gasteiger partial charge in [-0.3, -0.25) is 4.98 Å². The quantitative estimate of drug-likeness (QED) is 0.832. The number of rotatable bonds is 5. The van der Waals surface area contributed by atoms with Crippen molar-refractivity contribution in [3.63, 3.8) is 0 Å². The molecular weight excluding hydrogens is 316 g/mol. The maximum atomic E-state index is 6.06. The molecule has 0 N–H and O–H groups in total. The maximum absolute atomic E-state index is 6.06. The van der Waals surface area contributed by atoms with Gasteiger partial charge in [-0.25, -0.2) is 9.67 Å². The van der Waals surface area contributed by atoms with Gasteiger partial charge in [0.05, 0.1) is 17.8 Å². The third-order valence-electron chi connectivity index (χ3n) is 4.38. The second-order valence-corrected chi connectivity index (χ2v) is 7.57. The smallest absolute Gasteiger partial charge is 0.165 e. The molecule has 0 saturated carbocycles. The van der Waals surface area contributed by atoms with Crippen molar-refractivity contribution < 1.29 is 9.47 Å². The van der Waals surface area contributed by atoms with Gasteiger partial charge >= 0.3 is 0 Å². The van der Waals surface area contributed by atoms with E-state index < -0.39 is 0 Å². The molecule has 1 saturated heterocycles. The lowest BCUT2D eigenvalue weighted by Gasteiger charge is -2.21. The molecule has 0 bridgehead atoms. The zero-order valence-corrected chi connectivity index (χ0v) is 15.9. The van der Waals surface area contributed by atoms with Crippen LogP contribution in [-0.2, 0) is 23.3 Å². The average Bonchev–Trinajstić information content (AvgIpc) is 3.22. The van der Waals surface area contributed by atoms with Crippen molar-refractivity contribution in [2.45, 2.75) is 65.5 Å². The van der Waals surface area contributed by atoms with Crippen molar-refractivity contribution in [3.8, 4) is 5.75 Å². The van der Waals surface area contributed by atoms with Gasteiger partial charge in [0.25, 0.3) is 0 Å². The van der Waals surface area contributed by atoms with E-state index in [1.807, 2.05) is 23.7 Å². The normalized spacial score (nSPS) is 17.9. The van der Waals surface area contributed by atoms with Crippen molar-refractivity contribution in [1.82, 2.24) is 19.7 Å². The Morgan fingerprint density at radius 2 is 2.08 bits per heavy atom. The number of hydrogen-bond donors (Lipinski definition) is 0. The van der Waals surface area contributed by atoms with Crippen LogP contribution in [0.4, 0.5) is 0 Å². The van der Waals surface area contributed by atoms with Crippen molar-refractivity contribution in [1.29, 1.82) is 0 Å². The first-order valence-corrected chi connectivity index (χ1v) is 9.02. The summed E-state index contributed by atoms with van der Waals surface area (Å²) in [6.07, 6.45) is 1.82. The van der Waals surface area contributed by atoms with Crippen LogP contribution in [0, 0.1) is 6.92 Å². The molecule has 2 aromatic rings. The summed E-state index contributed by atoms with van der Waals surface area (Å²) in [7, 11) is 0. The number of aryl methyl sites for hydroxylation is 2. The fourth-order valence-electron chi connectivity index (χ4n) is 3.03. The molecule has 1 atom stereocenters. The van der Waals surface area contributed by atoms with Gasteiger partial charge in [-0.05, 0) is 52.7 Å². The van der Waals surface area contributed by atoms with E-state index in [0.29, 0.717) is 13.2 Å². The monoisotopic (exact) mass is 344 g/mol. The summed E-state index contributed by atoms with van der Waals surface area (Å²) in [6, 6.07) is 3.97. The Morgan fingerprint density at radius 3 is 2.72 bits per heavy atom. The molecule has 3 rings (SSSR count). The summed E-state index contributed by atoms with van der Waals surface area (Å²) in [6.45, 7) is 12.3. The van der Waals surface area contributed by atoms with Gasteiger partial charge in [0.15, 0.2) is 11.6 Å². The molecule has 0 radical (unpaired) electrons. The number of ether oxygens (including phenoxy) is 2. The SMILES string of the molecule is CCc1nc(C)ccc1OCc1nc([C@@H]2CCOC2)nn1C(C)(C)C. The van der Waals surface area contributed by atoms with Crippen molar-refractivity contribution in [3.05, 3.63) is 35.2 Å². The van der Waals surface area contributed by atoms with Gasteiger partial charge in [0.1, 0.15) is 12.4 Å². The minimum atomic E-state index is -0.150. The van der Waals surface area contributed by atoms with Crippen molar-refractivity contribution in [2.75, 3.05) is 13.2 Å². The third-order valence-corrected chi connectivity index (χ3v) is 4.38. The molecular formula is C19H28N4O2. The summed E-state index contributed by atoms with van der Waals surface area (Å²) in [5.41, 5.74) is 1.83. The highest BCUT2D eigenvalue weighted by Crippen LogP contribution is 2.26. The van der Waals surface area contributed by atoms with Gasteiger partial charge in [-0.15, -0.1) is 0 Å². The summed E-state index contributed by atoms with van der Waals surface area (Å²) >= 11 is 0. The molecule has 0 aliphatic carbocycles. The highest BCUT2D eigenvalue weighted by molar-refractivity contribution is 5.29. The van der Waals surface area contributed by atoms with Gasteiger partial charge in [0, 0.05) is 18.2 Å². The number of hydrogen-bond acceptors (Lipinski definition) is 5. The molecule has 0 aromatic carbocycles. The average molecular weight is 344 g/mol. The molecule has 136 valence electrons. The van der Waals surface area contributed by atoms with Crippen LogP contribution in [0.5, 0.6) is 5.75 Å². The van der Waals surface area contributed by atoms with Crippen LogP contribution in [0.2, 0.25) is 0 Å². The standard InChI is InChI=1S/C19H28N4O2/c1-6-15-16(8-7-13(2)20-15)25-12-17-21-18(14-9-10-24-11-14)22-23(17)19(3,4)5/h7-8,14H,6,9-12H2,1-5H3/t14-/m1/s1. The zero-order chi connectivity index (χ0) is 18.0. The van der Waals surface area contributed by atoms with Gasteiger partial charge in [0.2, 0.25) is 0 Å².